The first kappa shape index (κ1) is 21.7. The molecule has 1 heterocycles. The van der Waals surface area contributed by atoms with Gasteiger partial charge in [0, 0.05) is 23.2 Å². The lowest BCUT2D eigenvalue weighted by atomic mass is 9.97. The Morgan fingerprint density at radius 2 is 2.07 bits per heavy atom. The van der Waals surface area contributed by atoms with E-state index in [-0.39, 0.29) is 11.5 Å². The summed E-state index contributed by atoms with van der Waals surface area (Å²) in [6, 6.07) is 9.03. The molecule has 1 aliphatic heterocycles. The molecule has 2 N–H and O–H groups in total. The summed E-state index contributed by atoms with van der Waals surface area (Å²) >= 11 is 6.20. The van der Waals surface area contributed by atoms with Gasteiger partial charge in [0.2, 0.25) is 0 Å². The number of fused-ring (bicyclic) bond motifs is 1. The Bertz CT molecular complexity index is 877. The van der Waals surface area contributed by atoms with E-state index in [1.165, 1.54) is 17.0 Å². The Morgan fingerprint density at radius 3 is 2.79 bits per heavy atom. The van der Waals surface area contributed by atoms with Crippen molar-refractivity contribution in [2.45, 2.75) is 25.7 Å². The zero-order valence-electron chi connectivity index (χ0n) is 16.5. The number of carbonyl (C=O) groups excluding carboxylic acids is 1. The molecule has 0 saturated carbocycles. The van der Waals surface area contributed by atoms with Gasteiger partial charge < -0.3 is 15.5 Å². The fourth-order valence-corrected chi connectivity index (χ4v) is 4.03. The fourth-order valence-electron chi connectivity index (χ4n) is 3.85. The van der Waals surface area contributed by atoms with Crippen LogP contribution in [0.3, 0.4) is 0 Å². The largest absolute Gasteiger partial charge is 0.330 e. The van der Waals surface area contributed by atoms with E-state index < -0.39 is 17.5 Å². The summed E-state index contributed by atoms with van der Waals surface area (Å²) < 4.78 is 27.8. The molecule has 0 spiro atoms. The van der Waals surface area contributed by atoms with Crippen molar-refractivity contribution >= 4 is 23.2 Å². The number of carbonyl (C=O) groups is 1. The molecule has 1 unspecified atom stereocenters. The second kappa shape index (κ2) is 9.65. The quantitative estimate of drug-likeness (QED) is 0.686. The number of amides is 1. The number of nitrogens with two attached hydrogens (primary N) is 1. The van der Waals surface area contributed by atoms with Crippen LogP contribution in [0.5, 0.6) is 0 Å². The van der Waals surface area contributed by atoms with Crippen LogP contribution in [0.25, 0.3) is 0 Å². The summed E-state index contributed by atoms with van der Waals surface area (Å²) in [6.45, 7) is 5.90. The second-order valence-electron chi connectivity index (χ2n) is 7.28. The summed E-state index contributed by atoms with van der Waals surface area (Å²) in [5.74, 6) is -2.60. The van der Waals surface area contributed by atoms with Crippen molar-refractivity contribution in [2.75, 3.05) is 37.6 Å². The van der Waals surface area contributed by atoms with Crippen molar-refractivity contribution in [3.63, 3.8) is 0 Å². The molecule has 2 aromatic rings. The van der Waals surface area contributed by atoms with Crippen molar-refractivity contribution in [2.24, 2.45) is 5.73 Å². The standard InChI is InChI=1S/C22H26ClF2N3O/c1-2-27(11-4-10-26)12-9-15-14-28(20-8-7-16(23)13-18(15)20)22(29)17-5-3-6-19(24)21(17)25/h3,5-8,13,15H,2,4,9-12,14,26H2,1H3. The molecule has 3 rings (SSSR count). The number of hydrogen-bond acceptors (Lipinski definition) is 3. The Labute approximate surface area is 175 Å². The summed E-state index contributed by atoms with van der Waals surface area (Å²) in [5.41, 5.74) is 7.03. The highest BCUT2D eigenvalue weighted by atomic mass is 35.5. The van der Waals surface area contributed by atoms with Gasteiger partial charge in [-0.15, -0.1) is 0 Å². The molecule has 0 aliphatic carbocycles. The molecule has 156 valence electrons. The average Bonchev–Trinajstić information content (AvgIpc) is 3.07. The Hall–Kier alpha value is -2.02. The first-order chi connectivity index (χ1) is 14.0. The highest BCUT2D eigenvalue weighted by Crippen LogP contribution is 2.40. The van der Waals surface area contributed by atoms with Gasteiger partial charge >= 0.3 is 0 Å². The van der Waals surface area contributed by atoms with Crippen LogP contribution < -0.4 is 10.6 Å². The third kappa shape index (κ3) is 4.77. The molecule has 1 aliphatic rings. The molecule has 0 radical (unpaired) electrons. The minimum atomic E-state index is -1.12. The Kier molecular flexibility index (Phi) is 7.22. The molecule has 2 aromatic carbocycles. The third-order valence-electron chi connectivity index (χ3n) is 5.47. The first-order valence-corrected chi connectivity index (χ1v) is 10.3. The molecule has 0 bridgehead atoms. The molecule has 29 heavy (non-hydrogen) atoms. The van der Waals surface area contributed by atoms with E-state index in [2.05, 4.69) is 11.8 Å². The van der Waals surface area contributed by atoms with Crippen LogP contribution in [0.1, 0.15) is 41.6 Å². The number of halogens is 3. The van der Waals surface area contributed by atoms with Gasteiger partial charge in [0.15, 0.2) is 11.6 Å². The summed E-state index contributed by atoms with van der Waals surface area (Å²) in [7, 11) is 0. The van der Waals surface area contributed by atoms with E-state index in [0.717, 1.165) is 44.1 Å². The second-order valence-corrected chi connectivity index (χ2v) is 7.72. The minimum absolute atomic E-state index is 0.0798. The predicted molar refractivity (Wildman–Crippen MR) is 113 cm³/mol. The van der Waals surface area contributed by atoms with Gasteiger partial charge in [-0.2, -0.15) is 0 Å². The number of anilines is 1. The van der Waals surface area contributed by atoms with Gasteiger partial charge in [-0.3, -0.25) is 4.79 Å². The Balaban J connectivity index is 1.83. The summed E-state index contributed by atoms with van der Waals surface area (Å²) in [5, 5.41) is 0.593. The highest BCUT2D eigenvalue weighted by Gasteiger charge is 2.34. The molecular formula is C22H26ClF2N3O. The lowest BCUT2D eigenvalue weighted by molar-refractivity contribution is 0.0982. The number of rotatable bonds is 8. The predicted octanol–water partition coefficient (Wildman–Crippen LogP) is 4.42. The molecule has 1 amide bonds. The summed E-state index contributed by atoms with van der Waals surface area (Å²) in [4.78, 5) is 16.9. The van der Waals surface area contributed by atoms with Gasteiger partial charge in [0.1, 0.15) is 0 Å². The first-order valence-electron chi connectivity index (χ1n) is 9.94. The lowest BCUT2D eigenvalue weighted by Gasteiger charge is -2.22. The zero-order valence-corrected chi connectivity index (χ0v) is 17.3. The maximum absolute atomic E-state index is 14.2. The SMILES string of the molecule is CCN(CCCN)CCC1CN(C(=O)c2cccc(F)c2F)c2ccc(Cl)cc21. The number of nitrogens with zero attached hydrogens (tertiary/aromatic N) is 2. The maximum Gasteiger partial charge on any atom is 0.261 e. The summed E-state index contributed by atoms with van der Waals surface area (Å²) in [6.07, 6.45) is 1.77. The molecule has 0 fully saturated rings. The van der Waals surface area contributed by atoms with E-state index in [4.69, 9.17) is 17.3 Å². The molecule has 7 heteroatoms. The third-order valence-corrected chi connectivity index (χ3v) is 5.70. The van der Waals surface area contributed by atoms with Gasteiger partial charge in [0.25, 0.3) is 5.91 Å². The van der Waals surface area contributed by atoms with Crippen molar-refractivity contribution in [1.29, 1.82) is 0 Å². The molecule has 0 aromatic heterocycles. The number of benzene rings is 2. The van der Waals surface area contributed by atoms with Crippen LogP contribution in [0.2, 0.25) is 5.02 Å². The molecular weight excluding hydrogens is 396 g/mol. The molecule has 1 atom stereocenters. The van der Waals surface area contributed by atoms with Gasteiger partial charge in [-0.1, -0.05) is 24.6 Å². The van der Waals surface area contributed by atoms with E-state index in [1.807, 2.05) is 6.07 Å². The smallest absolute Gasteiger partial charge is 0.261 e. The van der Waals surface area contributed by atoms with Crippen molar-refractivity contribution in [3.8, 4) is 0 Å². The lowest BCUT2D eigenvalue weighted by Crippen LogP contribution is -2.32. The fraction of sp³-hybridized carbons (Fsp3) is 0.409. The van der Waals surface area contributed by atoms with Gasteiger partial charge in [-0.05, 0) is 74.9 Å². The van der Waals surface area contributed by atoms with Crippen molar-refractivity contribution < 1.29 is 13.6 Å². The normalized spacial score (nSPS) is 15.8. The maximum atomic E-state index is 14.2. The van der Waals surface area contributed by atoms with Gasteiger partial charge in [-0.25, -0.2) is 8.78 Å². The van der Waals surface area contributed by atoms with E-state index in [1.54, 1.807) is 12.1 Å². The van der Waals surface area contributed by atoms with Crippen LogP contribution in [0, 0.1) is 11.6 Å². The topological polar surface area (TPSA) is 49.6 Å². The van der Waals surface area contributed by atoms with Crippen LogP contribution in [0.15, 0.2) is 36.4 Å². The monoisotopic (exact) mass is 421 g/mol. The van der Waals surface area contributed by atoms with E-state index >= 15 is 0 Å². The molecule has 4 nitrogen and oxygen atoms in total. The van der Waals surface area contributed by atoms with Crippen molar-refractivity contribution in [3.05, 3.63) is 64.2 Å². The highest BCUT2D eigenvalue weighted by molar-refractivity contribution is 6.30. The van der Waals surface area contributed by atoms with Crippen LogP contribution in [-0.2, 0) is 0 Å². The average molecular weight is 422 g/mol. The molecule has 0 saturated heterocycles. The van der Waals surface area contributed by atoms with E-state index in [0.29, 0.717) is 23.8 Å². The zero-order chi connectivity index (χ0) is 21.0. The van der Waals surface area contributed by atoms with Crippen LogP contribution in [0.4, 0.5) is 14.5 Å². The van der Waals surface area contributed by atoms with Gasteiger partial charge in [0.05, 0.1) is 5.56 Å². The number of hydrogen-bond donors (Lipinski definition) is 1. The van der Waals surface area contributed by atoms with E-state index in [9.17, 15) is 13.6 Å². The van der Waals surface area contributed by atoms with Crippen LogP contribution >= 0.6 is 11.6 Å². The van der Waals surface area contributed by atoms with Crippen molar-refractivity contribution in [1.82, 2.24) is 4.90 Å². The van der Waals surface area contributed by atoms with Crippen LogP contribution in [-0.4, -0.2) is 43.5 Å². The Morgan fingerprint density at radius 1 is 1.28 bits per heavy atom. The minimum Gasteiger partial charge on any atom is -0.330 e.